The highest BCUT2D eigenvalue weighted by Crippen LogP contribution is 2.29. The van der Waals surface area contributed by atoms with Crippen molar-refractivity contribution in [1.29, 1.82) is 0 Å². The van der Waals surface area contributed by atoms with E-state index >= 15 is 0 Å². The van der Waals surface area contributed by atoms with Crippen LogP contribution in [0.3, 0.4) is 0 Å². The first-order valence-electron chi connectivity index (χ1n) is 9.50. The van der Waals surface area contributed by atoms with Crippen molar-refractivity contribution in [3.8, 4) is 0 Å². The number of carbonyl (C=O) groups excluding carboxylic acids is 1. The largest absolute Gasteiger partial charge is 0.323 e. The molecule has 2 aliphatic rings. The summed E-state index contributed by atoms with van der Waals surface area (Å²) in [5.74, 6) is 0.652. The Morgan fingerprint density at radius 3 is 2.85 bits per heavy atom. The highest BCUT2D eigenvalue weighted by Gasteiger charge is 2.22. The Bertz CT molecular complexity index is 1060. The normalized spacial score (nSPS) is 15.7. The van der Waals surface area contributed by atoms with Gasteiger partial charge >= 0.3 is 6.03 Å². The summed E-state index contributed by atoms with van der Waals surface area (Å²) >= 11 is 0. The molecule has 0 unspecified atom stereocenters. The maximum atomic E-state index is 12.7. The van der Waals surface area contributed by atoms with E-state index in [2.05, 4.69) is 64.9 Å². The molecule has 0 fully saturated rings. The number of rotatable bonds is 2. The van der Waals surface area contributed by atoms with Gasteiger partial charge in [-0.05, 0) is 52.8 Å². The molecule has 4 nitrogen and oxygen atoms in total. The molecule has 2 aromatic carbocycles. The SMILES string of the molecule is O=C(Nc1ccc2c(n1)CCC2)N1CC=C(c2cccc3ccccc23)C1. The predicted octanol–water partition coefficient (Wildman–Crippen LogP) is 4.65. The van der Waals surface area contributed by atoms with Crippen LogP contribution in [0.15, 0.2) is 60.7 Å². The van der Waals surface area contributed by atoms with Gasteiger partial charge in [0.25, 0.3) is 0 Å². The van der Waals surface area contributed by atoms with Crippen LogP contribution < -0.4 is 5.32 Å². The van der Waals surface area contributed by atoms with Gasteiger partial charge in [-0.15, -0.1) is 0 Å². The van der Waals surface area contributed by atoms with Gasteiger partial charge in [0.05, 0.1) is 0 Å². The van der Waals surface area contributed by atoms with Crippen LogP contribution in [0, 0.1) is 0 Å². The molecule has 27 heavy (non-hydrogen) atoms. The fourth-order valence-electron chi connectivity index (χ4n) is 4.09. The molecule has 1 aliphatic heterocycles. The van der Waals surface area contributed by atoms with E-state index in [4.69, 9.17) is 0 Å². The molecule has 1 aliphatic carbocycles. The number of benzene rings is 2. The Labute approximate surface area is 158 Å². The minimum Gasteiger partial charge on any atom is -0.316 e. The van der Waals surface area contributed by atoms with Crippen molar-refractivity contribution in [3.05, 3.63) is 77.5 Å². The monoisotopic (exact) mass is 355 g/mol. The first kappa shape index (κ1) is 16.1. The number of fused-ring (bicyclic) bond motifs is 2. The molecule has 134 valence electrons. The highest BCUT2D eigenvalue weighted by atomic mass is 16.2. The number of nitrogens with one attached hydrogen (secondary N) is 1. The second kappa shape index (κ2) is 6.54. The van der Waals surface area contributed by atoms with Crippen LogP contribution in [0.4, 0.5) is 10.6 Å². The number of anilines is 1. The molecule has 0 atom stereocenters. The van der Waals surface area contributed by atoms with Gasteiger partial charge in [0.2, 0.25) is 0 Å². The number of urea groups is 1. The van der Waals surface area contributed by atoms with E-state index in [1.807, 2.05) is 11.0 Å². The second-order valence-corrected chi connectivity index (χ2v) is 7.22. The summed E-state index contributed by atoms with van der Waals surface area (Å²) in [6.07, 6.45) is 5.41. The quantitative estimate of drug-likeness (QED) is 0.727. The molecule has 0 radical (unpaired) electrons. The molecule has 0 saturated carbocycles. The first-order chi connectivity index (χ1) is 13.3. The molecule has 3 aromatic rings. The van der Waals surface area contributed by atoms with E-state index < -0.39 is 0 Å². The zero-order valence-electron chi connectivity index (χ0n) is 15.1. The lowest BCUT2D eigenvalue weighted by molar-refractivity contribution is 0.224. The fourth-order valence-corrected chi connectivity index (χ4v) is 4.09. The summed E-state index contributed by atoms with van der Waals surface area (Å²) in [4.78, 5) is 19.1. The lowest BCUT2D eigenvalue weighted by Gasteiger charge is -2.18. The third-order valence-electron chi connectivity index (χ3n) is 5.51. The number of hydrogen-bond acceptors (Lipinski definition) is 2. The van der Waals surface area contributed by atoms with E-state index in [0.717, 1.165) is 25.0 Å². The summed E-state index contributed by atoms with van der Waals surface area (Å²) in [5, 5.41) is 5.42. The molecule has 2 amide bonds. The topological polar surface area (TPSA) is 45.2 Å². The summed E-state index contributed by atoms with van der Waals surface area (Å²) in [7, 11) is 0. The summed E-state index contributed by atoms with van der Waals surface area (Å²) in [5.41, 5.74) is 4.85. The fraction of sp³-hybridized carbons (Fsp3) is 0.217. The second-order valence-electron chi connectivity index (χ2n) is 7.22. The number of amides is 2. The molecule has 0 spiro atoms. The smallest absolute Gasteiger partial charge is 0.316 e. The van der Waals surface area contributed by atoms with Crippen molar-refractivity contribution in [2.45, 2.75) is 19.3 Å². The molecular weight excluding hydrogens is 334 g/mol. The average Bonchev–Trinajstić information content (AvgIpc) is 3.37. The Morgan fingerprint density at radius 1 is 1.00 bits per heavy atom. The minimum absolute atomic E-state index is 0.0908. The molecular formula is C23H21N3O. The van der Waals surface area contributed by atoms with Crippen LogP contribution in [0.25, 0.3) is 16.3 Å². The molecule has 4 heteroatoms. The Balaban J connectivity index is 1.32. The van der Waals surface area contributed by atoms with Gasteiger partial charge in [-0.2, -0.15) is 0 Å². The Hall–Kier alpha value is -3.14. The maximum Gasteiger partial charge on any atom is 0.323 e. The van der Waals surface area contributed by atoms with Crippen molar-refractivity contribution < 1.29 is 4.79 Å². The Morgan fingerprint density at radius 2 is 1.89 bits per heavy atom. The molecule has 0 bridgehead atoms. The van der Waals surface area contributed by atoms with E-state index in [1.165, 1.54) is 27.5 Å². The summed E-state index contributed by atoms with van der Waals surface area (Å²) < 4.78 is 0. The number of pyridine rings is 1. The van der Waals surface area contributed by atoms with Crippen LogP contribution >= 0.6 is 0 Å². The van der Waals surface area contributed by atoms with Gasteiger partial charge in [-0.25, -0.2) is 9.78 Å². The number of nitrogens with zero attached hydrogens (tertiary/aromatic N) is 2. The molecule has 5 rings (SSSR count). The maximum absolute atomic E-state index is 12.7. The third-order valence-corrected chi connectivity index (χ3v) is 5.51. The number of aromatic nitrogens is 1. The predicted molar refractivity (Wildman–Crippen MR) is 109 cm³/mol. The van der Waals surface area contributed by atoms with E-state index in [9.17, 15) is 4.79 Å². The van der Waals surface area contributed by atoms with Crippen LogP contribution in [0.2, 0.25) is 0 Å². The van der Waals surface area contributed by atoms with Gasteiger partial charge in [-0.3, -0.25) is 5.32 Å². The van der Waals surface area contributed by atoms with E-state index in [1.54, 1.807) is 0 Å². The zero-order valence-corrected chi connectivity index (χ0v) is 15.1. The third kappa shape index (κ3) is 2.97. The van der Waals surface area contributed by atoms with Crippen molar-refractivity contribution in [2.75, 3.05) is 18.4 Å². The van der Waals surface area contributed by atoms with Gasteiger partial charge in [0, 0.05) is 18.8 Å². The van der Waals surface area contributed by atoms with E-state index in [-0.39, 0.29) is 6.03 Å². The van der Waals surface area contributed by atoms with Crippen molar-refractivity contribution in [1.82, 2.24) is 9.88 Å². The lowest BCUT2D eigenvalue weighted by Crippen LogP contribution is -2.33. The number of carbonyl (C=O) groups is 1. The van der Waals surface area contributed by atoms with Crippen LogP contribution in [-0.4, -0.2) is 29.0 Å². The van der Waals surface area contributed by atoms with Crippen LogP contribution in [-0.2, 0) is 12.8 Å². The van der Waals surface area contributed by atoms with Crippen LogP contribution in [0.5, 0.6) is 0 Å². The van der Waals surface area contributed by atoms with Gasteiger partial charge < -0.3 is 4.90 Å². The van der Waals surface area contributed by atoms with Gasteiger partial charge in [0.15, 0.2) is 0 Å². The van der Waals surface area contributed by atoms with Gasteiger partial charge in [-0.1, -0.05) is 54.6 Å². The zero-order chi connectivity index (χ0) is 18.2. The number of hydrogen-bond donors (Lipinski definition) is 1. The molecule has 1 N–H and O–H groups in total. The lowest BCUT2D eigenvalue weighted by atomic mass is 9.99. The summed E-state index contributed by atoms with van der Waals surface area (Å²) in [6, 6.07) is 18.6. The first-order valence-corrected chi connectivity index (χ1v) is 9.50. The molecule has 0 saturated heterocycles. The minimum atomic E-state index is -0.0908. The van der Waals surface area contributed by atoms with Crippen LogP contribution in [0.1, 0.15) is 23.2 Å². The van der Waals surface area contributed by atoms with E-state index in [0.29, 0.717) is 18.9 Å². The molecule has 1 aromatic heterocycles. The highest BCUT2D eigenvalue weighted by molar-refractivity contribution is 5.97. The van der Waals surface area contributed by atoms with Gasteiger partial charge in [0.1, 0.15) is 5.82 Å². The Kier molecular flexibility index (Phi) is 3.89. The van der Waals surface area contributed by atoms with Crippen molar-refractivity contribution >= 4 is 28.2 Å². The number of aryl methyl sites for hydroxylation is 2. The summed E-state index contributed by atoms with van der Waals surface area (Å²) in [6.45, 7) is 1.24. The van der Waals surface area contributed by atoms with Crippen molar-refractivity contribution in [3.63, 3.8) is 0 Å². The van der Waals surface area contributed by atoms with Crippen molar-refractivity contribution in [2.24, 2.45) is 0 Å². The molecule has 2 heterocycles. The average molecular weight is 355 g/mol. The standard InChI is InChI=1S/C23H21N3O/c27-23(25-22-12-11-17-7-4-10-21(17)24-22)26-14-13-18(15-26)20-9-3-6-16-5-1-2-8-19(16)20/h1-3,5-6,8-9,11-13H,4,7,10,14-15H2,(H,24,25,27).